The molecule has 3 aliphatic rings. The van der Waals surface area contributed by atoms with Gasteiger partial charge in [-0.2, -0.15) is 4.99 Å². The first-order valence-electron chi connectivity index (χ1n) is 9.06. The summed E-state index contributed by atoms with van der Waals surface area (Å²) >= 11 is 0. The average Bonchev–Trinajstić information content (AvgIpc) is 2.63. The zero-order chi connectivity index (χ0) is 17.3. The van der Waals surface area contributed by atoms with Gasteiger partial charge in [0.25, 0.3) is 0 Å². The smallest absolute Gasteiger partial charge is 0.220 e. The van der Waals surface area contributed by atoms with Crippen LogP contribution < -0.4 is 21.7 Å². The maximum Gasteiger partial charge on any atom is 0.220 e. The Kier molecular flexibility index (Phi) is 4.07. The second-order valence-electron chi connectivity index (χ2n) is 6.88. The number of anilines is 1. The van der Waals surface area contributed by atoms with Crippen LogP contribution in [0, 0.1) is 0 Å². The van der Waals surface area contributed by atoms with Crippen molar-refractivity contribution in [1.29, 1.82) is 0 Å². The molecule has 1 aliphatic carbocycles. The predicted octanol–water partition coefficient (Wildman–Crippen LogP) is 1.54. The lowest BCUT2D eigenvalue weighted by molar-refractivity contribution is 0.305. The highest BCUT2D eigenvalue weighted by Gasteiger charge is 2.42. The minimum absolute atomic E-state index is 0.285. The van der Waals surface area contributed by atoms with E-state index in [1.54, 1.807) is 0 Å². The van der Waals surface area contributed by atoms with Crippen molar-refractivity contribution < 1.29 is 0 Å². The summed E-state index contributed by atoms with van der Waals surface area (Å²) in [4.78, 5) is 15.5. The molecule has 1 aromatic carbocycles. The topological polar surface area (TPSA) is 104 Å². The fraction of sp³-hybridized carbons (Fsp3) is 0.500. The molecule has 0 aromatic heterocycles. The number of hydrogen-bond acceptors (Lipinski definition) is 7. The third-order valence-corrected chi connectivity index (χ3v) is 5.15. The standard InChI is InChI=1S/C18H25N7/c19-16-23-17(20)25(18(24-16)9-2-1-3-10-18)14-7-5-13(6-8-14)15-21-11-4-12-22-15/h5-8H,1-4,9-12H2,(H,21,22)(H4,19,20,23,24). The molecule has 5 N–H and O–H groups in total. The van der Waals surface area contributed by atoms with Crippen molar-refractivity contribution in [2.75, 3.05) is 18.0 Å². The Morgan fingerprint density at radius 2 is 1.76 bits per heavy atom. The van der Waals surface area contributed by atoms with Crippen LogP contribution in [-0.2, 0) is 0 Å². The van der Waals surface area contributed by atoms with Crippen molar-refractivity contribution in [2.24, 2.45) is 26.4 Å². The van der Waals surface area contributed by atoms with Crippen LogP contribution in [0.15, 0.2) is 39.2 Å². The molecule has 0 saturated heterocycles. The molecule has 4 rings (SSSR count). The lowest BCUT2D eigenvalue weighted by Gasteiger charge is -2.45. The van der Waals surface area contributed by atoms with Crippen LogP contribution in [0.2, 0.25) is 0 Å². The van der Waals surface area contributed by atoms with Gasteiger partial charge in [0, 0.05) is 24.3 Å². The first-order chi connectivity index (χ1) is 12.2. The molecule has 0 bridgehead atoms. The molecule has 25 heavy (non-hydrogen) atoms. The third kappa shape index (κ3) is 2.94. The highest BCUT2D eigenvalue weighted by Crippen LogP contribution is 2.39. The van der Waals surface area contributed by atoms with Crippen LogP contribution in [0.25, 0.3) is 0 Å². The van der Waals surface area contributed by atoms with E-state index in [4.69, 9.17) is 16.5 Å². The summed E-state index contributed by atoms with van der Waals surface area (Å²) in [6.45, 7) is 1.86. The van der Waals surface area contributed by atoms with Gasteiger partial charge in [0.05, 0.1) is 0 Å². The summed E-state index contributed by atoms with van der Waals surface area (Å²) in [5, 5.41) is 3.36. The Morgan fingerprint density at radius 3 is 2.44 bits per heavy atom. The van der Waals surface area contributed by atoms with E-state index in [1.165, 1.54) is 6.42 Å². The number of benzene rings is 1. The number of nitrogens with zero attached hydrogens (tertiary/aromatic N) is 4. The van der Waals surface area contributed by atoms with Gasteiger partial charge in [0.1, 0.15) is 11.5 Å². The van der Waals surface area contributed by atoms with E-state index in [9.17, 15) is 0 Å². The minimum atomic E-state index is -0.393. The van der Waals surface area contributed by atoms with E-state index in [0.717, 1.165) is 62.3 Å². The number of aliphatic imine (C=N–C) groups is 3. The Hall–Kier alpha value is -2.57. The molecule has 2 aliphatic heterocycles. The van der Waals surface area contributed by atoms with E-state index >= 15 is 0 Å². The van der Waals surface area contributed by atoms with Crippen LogP contribution in [0.1, 0.15) is 44.1 Å². The quantitative estimate of drug-likeness (QED) is 0.760. The number of nitrogens with one attached hydrogen (secondary N) is 1. The molecule has 132 valence electrons. The summed E-state index contributed by atoms with van der Waals surface area (Å²) in [5.74, 6) is 1.68. The van der Waals surface area contributed by atoms with Crippen LogP contribution in [-0.4, -0.2) is 36.5 Å². The summed E-state index contributed by atoms with van der Waals surface area (Å²) < 4.78 is 0. The number of rotatable bonds is 2. The molecule has 0 radical (unpaired) electrons. The summed E-state index contributed by atoms with van der Waals surface area (Å²) in [7, 11) is 0. The zero-order valence-electron chi connectivity index (χ0n) is 14.4. The normalized spacial score (nSPS) is 22.7. The zero-order valence-corrected chi connectivity index (χ0v) is 14.4. The van der Waals surface area contributed by atoms with Crippen molar-refractivity contribution in [1.82, 2.24) is 5.32 Å². The van der Waals surface area contributed by atoms with E-state index in [1.807, 2.05) is 0 Å². The van der Waals surface area contributed by atoms with Crippen LogP contribution in [0.4, 0.5) is 5.69 Å². The maximum atomic E-state index is 6.27. The van der Waals surface area contributed by atoms with E-state index in [-0.39, 0.29) is 5.96 Å². The van der Waals surface area contributed by atoms with Crippen molar-refractivity contribution in [3.8, 4) is 0 Å². The predicted molar refractivity (Wildman–Crippen MR) is 102 cm³/mol. The van der Waals surface area contributed by atoms with Crippen molar-refractivity contribution in [3.05, 3.63) is 29.8 Å². The van der Waals surface area contributed by atoms with Crippen LogP contribution in [0.5, 0.6) is 0 Å². The molecule has 2 heterocycles. The molecular formula is C18H25N7. The molecule has 0 atom stereocenters. The molecule has 1 saturated carbocycles. The van der Waals surface area contributed by atoms with Gasteiger partial charge in [-0.1, -0.05) is 6.42 Å². The fourth-order valence-corrected chi connectivity index (χ4v) is 3.99. The molecule has 7 nitrogen and oxygen atoms in total. The lowest BCUT2D eigenvalue weighted by Crippen LogP contribution is -2.58. The lowest BCUT2D eigenvalue weighted by atomic mass is 9.87. The number of amidine groups is 1. The monoisotopic (exact) mass is 339 g/mol. The molecule has 1 fully saturated rings. The highest BCUT2D eigenvalue weighted by atomic mass is 15.4. The molecule has 0 unspecified atom stereocenters. The second kappa shape index (κ2) is 6.38. The average molecular weight is 339 g/mol. The molecule has 1 spiro atoms. The van der Waals surface area contributed by atoms with Gasteiger partial charge in [-0.05, 0) is 56.4 Å². The van der Waals surface area contributed by atoms with Crippen LogP contribution in [0.3, 0.4) is 0 Å². The summed E-state index contributed by atoms with van der Waals surface area (Å²) in [5.41, 5.74) is 13.9. The van der Waals surface area contributed by atoms with Gasteiger partial charge in [-0.3, -0.25) is 9.89 Å². The minimum Gasteiger partial charge on any atom is -0.370 e. The molecule has 7 heteroatoms. The van der Waals surface area contributed by atoms with E-state index in [2.05, 4.69) is 44.5 Å². The van der Waals surface area contributed by atoms with Crippen molar-refractivity contribution >= 4 is 23.4 Å². The first-order valence-corrected chi connectivity index (χ1v) is 9.06. The largest absolute Gasteiger partial charge is 0.370 e. The van der Waals surface area contributed by atoms with Gasteiger partial charge in [0.2, 0.25) is 11.9 Å². The Morgan fingerprint density at radius 1 is 1.00 bits per heavy atom. The Bertz CT molecular complexity index is 726. The van der Waals surface area contributed by atoms with E-state index in [0.29, 0.717) is 5.96 Å². The number of nitrogens with two attached hydrogens (primary N) is 2. The van der Waals surface area contributed by atoms with Gasteiger partial charge in [-0.25, -0.2) is 4.99 Å². The van der Waals surface area contributed by atoms with Gasteiger partial charge in [0.15, 0.2) is 0 Å². The summed E-state index contributed by atoms with van der Waals surface area (Å²) in [6, 6.07) is 8.31. The van der Waals surface area contributed by atoms with Crippen LogP contribution >= 0.6 is 0 Å². The summed E-state index contributed by atoms with van der Waals surface area (Å²) in [6.07, 6.45) is 6.45. The van der Waals surface area contributed by atoms with Gasteiger partial charge < -0.3 is 16.8 Å². The Balaban J connectivity index is 1.67. The number of guanidine groups is 2. The Labute approximate surface area is 147 Å². The second-order valence-corrected chi connectivity index (χ2v) is 6.88. The molecule has 1 aromatic rings. The van der Waals surface area contributed by atoms with Gasteiger partial charge in [-0.15, -0.1) is 0 Å². The SMILES string of the molecule is NC1=NC2(CCCCC2)N(c2ccc(C3=NCCCN3)cc2)C(N)=N1. The fourth-order valence-electron chi connectivity index (χ4n) is 3.99. The maximum absolute atomic E-state index is 6.27. The van der Waals surface area contributed by atoms with Crippen molar-refractivity contribution in [2.45, 2.75) is 44.2 Å². The van der Waals surface area contributed by atoms with E-state index < -0.39 is 5.66 Å². The third-order valence-electron chi connectivity index (χ3n) is 5.15. The number of hydrogen-bond donors (Lipinski definition) is 3. The first kappa shape index (κ1) is 15.9. The highest BCUT2D eigenvalue weighted by molar-refractivity contribution is 6.06. The molecular weight excluding hydrogens is 314 g/mol. The van der Waals surface area contributed by atoms with Gasteiger partial charge >= 0.3 is 0 Å². The molecule has 0 amide bonds. The van der Waals surface area contributed by atoms with Crippen molar-refractivity contribution in [3.63, 3.8) is 0 Å².